The molecular weight excluding hydrogens is 1480 g/mol. The largest absolute Gasteiger partial charge is 0.309 e. The first-order valence-corrected chi connectivity index (χ1v) is 42.2. The molecule has 0 aliphatic heterocycles. The first kappa shape index (κ1) is 70.2. The molecular formula is C112H77N7S. The van der Waals surface area contributed by atoms with Crippen molar-refractivity contribution in [1.29, 1.82) is 0 Å². The molecule has 0 bridgehead atoms. The van der Waals surface area contributed by atoms with E-state index in [9.17, 15) is 0 Å². The summed E-state index contributed by atoms with van der Waals surface area (Å²) in [5.41, 5.74) is 37.4. The van der Waals surface area contributed by atoms with Gasteiger partial charge in [0.2, 0.25) is 0 Å². The number of benzene rings is 18. The number of aryl methyl sites for hydroxylation is 2. The van der Waals surface area contributed by atoms with Crippen LogP contribution in [0.5, 0.6) is 0 Å². The third-order valence-electron chi connectivity index (χ3n) is 24.8. The van der Waals surface area contributed by atoms with E-state index in [1.807, 2.05) is 0 Å². The summed E-state index contributed by atoms with van der Waals surface area (Å²) in [5.74, 6) is 0. The van der Waals surface area contributed by atoms with Crippen LogP contribution in [0, 0.1) is 0 Å². The van der Waals surface area contributed by atoms with E-state index in [0.29, 0.717) is 0 Å². The van der Waals surface area contributed by atoms with Crippen LogP contribution >= 0.6 is 11.7 Å². The Morgan fingerprint density at radius 1 is 0.217 bits per heavy atom. The van der Waals surface area contributed by atoms with Gasteiger partial charge in [-0.1, -0.05) is 263 Å². The van der Waals surface area contributed by atoms with Gasteiger partial charge in [0.15, 0.2) is 0 Å². The monoisotopic (exact) mass is 1550 g/mol. The van der Waals surface area contributed by atoms with Gasteiger partial charge in [-0.15, -0.1) is 0 Å². The zero-order chi connectivity index (χ0) is 79.5. The van der Waals surface area contributed by atoms with Gasteiger partial charge in [-0.25, -0.2) is 0 Å². The molecule has 7 nitrogen and oxygen atoms in total. The Bertz CT molecular complexity index is 7550. The molecule has 0 saturated carbocycles. The third kappa shape index (κ3) is 11.8. The Hall–Kier alpha value is -15.2. The van der Waals surface area contributed by atoms with Crippen molar-refractivity contribution in [2.45, 2.75) is 26.7 Å². The van der Waals surface area contributed by atoms with E-state index < -0.39 is 0 Å². The molecule has 0 unspecified atom stereocenters. The van der Waals surface area contributed by atoms with Crippen LogP contribution in [-0.4, -0.2) is 27.0 Å². The Labute approximate surface area is 699 Å². The molecule has 23 aromatic rings. The van der Waals surface area contributed by atoms with Crippen LogP contribution in [0.25, 0.3) is 199 Å². The van der Waals surface area contributed by atoms with Crippen LogP contribution in [0.1, 0.15) is 25.0 Å². The maximum atomic E-state index is 5.11. The van der Waals surface area contributed by atoms with Gasteiger partial charge >= 0.3 is 0 Å². The van der Waals surface area contributed by atoms with Gasteiger partial charge in [0.1, 0.15) is 11.0 Å². The van der Waals surface area contributed by atoms with Gasteiger partial charge in [0.05, 0.1) is 61.5 Å². The highest BCUT2D eigenvalue weighted by atomic mass is 32.1. The lowest BCUT2D eigenvalue weighted by Gasteiger charge is -2.26. The predicted octanol–water partition coefficient (Wildman–Crippen LogP) is 30.3. The zero-order valence-corrected chi connectivity index (χ0v) is 67.0. The Morgan fingerprint density at radius 2 is 0.517 bits per heavy atom. The van der Waals surface area contributed by atoms with Crippen LogP contribution in [-0.2, 0) is 12.8 Å². The van der Waals surface area contributed by atoms with Crippen molar-refractivity contribution in [3.8, 4) is 101 Å². The van der Waals surface area contributed by atoms with Gasteiger partial charge in [-0.2, -0.15) is 8.75 Å². The Kier molecular flexibility index (Phi) is 16.9. The molecule has 0 aliphatic rings. The highest BCUT2D eigenvalue weighted by Gasteiger charge is 2.24. The van der Waals surface area contributed by atoms with Crippen molar-refractivity contribution in [2.24, 2.45) is 0 Å². The van der Waals surface area contributed by atoms with E-state index in [1.54, 1.807) is 0 Å². The summed E-state index contributed by atoms with van der Waals surface area (Å²) in [4.78, 5) is 2.32. The molecule has 23 rings (SSSR count). The molecule has 18 aromatic carbocycles. The highest BCUT2D eigenvalue weighted by molar-refractivity contribution is 7.00. The van der Waals surface area contributed by atoms with E-state index in [0.717, 1.165) is 119 Å². The first-order chi connectivity index (χ1) is 59.4. The van der Waals surface area contributed by atoms with Crippen LogP contribution in [0.4, 0.5) is 17.1 Å². The number of fused-ring (bicyclic) bond motifs is 13. The lowest BCUT2D eigenvalue weighted by atomic mass is 9.97. The first-order valence-electron chi connectivity index (χ1n) is 41.4. The Balaban J connectivity index is 0.598. The van der Waals surface area contributed by atoms with Crippen LogP contribution < -0.4 is 4.90 Å². The van der Waals surface area contributed by atoms with Crippen LogP contribution in [0.3, 0.4) is 0 Å². The minimum atomic E-state index is 0.847. The second kappa shape index (κ2) is 28.9. The van der Waals surface area contributed by atoms with Gasteiger partial charge in [0.25, 0.3) is 0 Å². The molecule has 8 heteroatoms. The average Bonchev–Trinajstić information content (AvgIpc) is 1.59. The van der Waals surface area contributed by atoms with Gasteiger partial charge in [-0.05, 0) is 254 Å². The molecule has 0 spiro atoms. The normalized spacial score (nSPS) is 11.8. The maximum absolute atomic E-state index is 5.11. The Morgan fingerprint density at radius 3 is 0.958 bits per heavy atom. The summed E-state index contributed by atoms with van der Waals surface area (Å²) >= 11 is 1.26. The quantitative estimate of drug-likeness (QED) is 0.0969. The molecule has 0 fully saturated rings. The highest BCUT2D eigenvalue weighted by Crippen LogP contribution is 2.46. The number of anilines is 3. The zero-order valence-electron chi connectivity index (χ0n) is 66.1. The smallest absolute Gasteiger partial charge is 0.129 e. The lowest BCUT2D eigenvalue weighted by Crippen LogP contribution is -2.10. The number of nitrogens with zero attached hydrogens (tertiary/aromatic N) is 7. The molecule has 566 valence electrons. The molecule has 120 heavy (non-hydrogen) atoms. The molecule has 0 radical (unpaired) electrons. The lowest BCUT2D eigenvalue weighted by molar-refractivity contribution is 1.13. The third-order valence-corrected chi connectivity index (χ3v) is 25.4. The van der Waals surface area contributed by atoms with Crippen molar-refractivity contribution in [1.82, 2.24) is 27.0 Å². The van der Waals surface area contributed by atoms with Crippen LogP contribution in [0.2, 0.25) is 0 Å². The molecule has 5 aromatic heterocycles. The second-order valence-corrected chi connectivity index (χ2v) is 32.1. The summed E-state index contributed by atoms with van der Waals surface area (Å²) in [6.45, 7) is 4.47. The van der Waals surface area contributed by atoms with Gasteiger partial charge < -0.3 is 23.2 Å². The molecule has 0 atom stereocenters. The number of para-hydroxylation sites is 3. The summed E-state index contributed by atoms with van der Waals surface area (Å²) in [6, 6.07) is 150. The van der Waals surface area contributed by atoms with Crippen molar-refractivity contribution in [2.75, 3.05) is 4.90 Å². The molecule has 5 heterocycles. The van der Waals surface area contributed by atoms with E-state index in [1.165, 1.54) is 132 Å². The second-order valence-electron chi connectivity index (χ2n) is 31.5. The number of aromatic nitrogens is 6. The topological polar surface area (TPSA) is 48.7 Å². The van der Waals surface area contributed by atoms with Gasteiger partial charge in [-0.3, -0.25) is 0 Å². The molecule has 0 amide bonds. The van der Waals surface area contributed by atoms with E-state index in [4.69, 9.17) is 8.75 Å². The molecule has 0 N–H and O–H groups in total. The SMILES string of the molecule is CCc1ccc2c(c1)c1cc(CC)ccc1n2-c1ccc(N(c2ccccc2)c2ccc(-c3ccc(-n4c5ccc(-c6ccc(-c7ccc8c9ccccc9n(-c9ccc(-c%10ccccc%10)cc9)c8c7)cc6)cc5c5cc(-c6ccc(-c7ccc8c9ccccc9n(-c9ccc(-c%10ccccc%10)cc9)c8c7)cc6)ccc54)cc3)c3nsnc23)cc1. The fourth-order valence-corrected chi connectivity index (χ4v) is 19.3. The molecule has 0 aliphatic carbocycles. The standard InChI is InChI=1S/C112H77N7S/c1-3-72-28-61-104-98(66-72)99-67-73(4-2)29-62-105(99)117(104)92-56-54-88(55-57-92)115(87-22-12-7-13-23-87)108-65-60-93(111-112(108)114-120-113-111)82-42-52-89(53-43-82)116-106-63-46-83(78-30-34-80(35-31-78)85-44-58-96-94-24-14-16-26-102(94)118(109(96)70-85)90-48-38-76(39-49-90)74-18-8-5-9-19-74)68-100(106)101-69-84(47-64-107(101)116)79-32-36-81(37-33-79)86-45-59-97-95-25-15-17-27-103(95)119(110(97)71-86)91-50-40-77(41-51-91)75-20-10-6-11-21-75/h5-71H,3-4H2,1-2H3. The minimum absolute atomic E-state index is 0.847. The minimum Gasteiger partial charge on any atom is -0.309 e. The number of hydrogen-bond donors (Lipinski definition) is 0. The van der Waals surface area contributed by atoms with Crippen molar-refractivity contribution in [3.63, 3.8) is 0 Å². The van der Waals surface area contributed by atoms with Crippen molar-refractivity contribution in [3.05, 3.63) is 418 Å². The van der Waals surface area contributed by atoms with Crippen LogP contribution in [0.15, 0.2) is 406 Å². The summed E-state index contributed by atoms with van der Waals surface area (Å²) in [7, 11) is 0. The fourth-order valence-electron chi connectivity index (χ4n) is 18.7. The number of rotatable bonds is 16. The summed E-state index contributed by atoms with van der Waals surface area (Å²) in [6.07, 6.45) is 1.98. The van der Waals surface area contributed by atoms with E-state index >= 15 is 0 Å². The number of hydrogen-bond acceptors (Lipinski definition) is 4. The van der Waals surface area contributed by atoms with Crippen molar-refractivity contribution >= 4 is 127 Å². The van der Waals surface area contributed by atoms with Crippen molar-refractivity contribution < 1.29 is 0 Å². The fraction of sp³-hybridized carbons (Fsp3) is 0.0357. The molecule has 0 saturated heterocycles. The maximum Gasteiger partial charge on any atom is 0.129 e. The predicted molar refractivity (Wildman–Crippen MR) is 506 cm³/mol. The summed E-state index contributed by atoms with van der Waals surface area (Å²) in [5, 5.41) is 9.87. The average molecular weight is 1550 g/mol. The van der Waals surface area contributed by atoms with E-state index in [-0.39, 0.29) is 0 Å². The van der Waals surface area contributed by atoms with Gasteiger partial charge in [0, 0.05) is 82.8 Å². The summed E-state index contributed by atoms with van der Waals surface area (Å²) < 4.78 is 19.9. The van der Waals surface area contributed by atoms with E-state index in [2.05, 4.69) is 443 Å².